The summed E-state index contributed by atoms with van der Waals surface area (Å²) in [6, 6.07) is 18.7. The Hall–Kier alpha value is -3.08. The SMILES string of the molecule is CCOC(=O)C(CCNC(=O)N(c1ccccc1)c1ccccc1)=C(C)C. The van der Waals surface area contributed by atoms with Gasteiger partial charge in [-0.2, -0.15) is 0 Å². The number of ether oxygens (including phenoxy) is 1. The molecule has 0 radical (unpaired) electrons. The molecule has 0 saturated heterocycles. The van der Waals surface area contributed by atoms with Gasteiger partial charge in [0.2, 0.25) is 0 Å². The maximum absolute atomic E-state index is 12.9. The minimum Gasteiger partial charge on any atom is -0.463 e. The number of rotatable bonds is 7. The Bertz CT molecular complexity index is 742. The van der Waals surface area contributed by atoms with E-state index in [4.69, 9.17) is 4.74 Å². The average molecular weight is 366 g/mol. The van der Waals surface area contributed by atoms with E-state index in [1.807, 2.05) is 74.5 Å². The molecule has 0 heterocycles. The van der Waals surface area contributed by atoms with Crippen LogP contribution in [0.15, 0.2) is 71.8 Å². The highest BCUT2D eigenvalue weighted by molar-refractivity contribution is 5.99. The summed E-state index contributed by atoms with van der Waals surface area (Å²) in [5.41, 5.74) is 3.04. The van der Waals surface area contributed by atoms with E-state index < -0.39 is 0 Å². The molecule has 2 aromatic rings. The molecule has 0 fully saturated rings. The summed E-state index contributed by atoms with van der Waals surface area (Å²) < 4.78 is 5.09. The summed E-state index contributed by atoms with van der Waals surface area (Å²) in [6.45, 7) is 6.19. The highest BCUT2D eigenvalue weighted by Crippen LogP contribution is 2.24. The lowest BCUT2D eigenvalue weighted by atomic mass is 10.1. The van der Waals surface area contributed by atoms with Crippen molar-refractivity contribution in [1.29, 1.82) is 0 Å². The molecule has 1 N–H and O–H groups in total. The fourth-order valence-corrected chi connectivity index (χ4v) is 2.69. The van der Waals surface area contributed by atoms with E-state index in [-0.39, 0.29) is 12.0 Å². The predicted octanol–water partition coefficient (Wildman–Crippen LogP) is 4.82. The van der Waals surface area contributed by atoms with Gasteiger partial charge in [-0.05, 0) is 51.5 Å². The van der Waals surface area contributed by atoms with Crippen LogP contribution >= 0.6 is 0 Å². The molecule has 0 spiro atoms. The number of benzene rings is 2. The van der Waals surface area contributed by atoms with Crippen molar-refractivity contribution >= 4 is 23.4 Å². The Balaban J connectivity index is 2.11. The van der Waals surface area contributed by atoms with Gasteiger partial charge >= 0.3 is 12.0 Å². The van der Waals surface area contributed by atoms with Crippen molar-refractivity contribution in [2.24, 2.45) is 0 Å². The van der Waals surface area contributed by atoms with Gasteiger partial charge in [0.15, 0.2) is 0 Å². The van der Waals surface area contributed by atoms with Crippen LogP contribution in [0, 0.1) is 0 Å². The van der Waals surface area contributed by atoms with Crippen molar-refractivity contribution in [3.8, 4) is 0 Å². The molecule has 0 aliphatic rings. The lowest BCUT2D eigenvalue weighted by molar-refractivity contribution is -0.138. The van der Waals surface area contributed by atoms with Crippen molar-refractivity contribution in [1.82, 2.24) is 5.32 Å². The number of urea groups is 1. The first-order chi connectivity index (χ1) is 13.0. The van der Waals surface area contributed by atoms with Crippen molar-refractivity contribution in [2.75, 3.05) is 18.1 Å². The Labute approximate surface area is 160 Å². The summed E-state index contributed by atoms with van der Waals surface area (Å²) in [5.74, 6) is -0.324. The van der Waals surface area contributed by atoms with Crippen molar-refractivity contribution in [3.63, 3.8) is 0 Å². The predicted molar refractivity (Wildman–Crippen MR) is 108 cm³/mol. The van der Waals surface area contributed by atoms with Crippen LogP contribution < -0.4 is 10.2 Å². The monoisotopic (exact) mass is 366 g/mol. The molecule has 0 saturated carbocycles. The molecule has 0 aliphatic carbocycles. The van der Waals surface area contributed by atoms with Gasteiger partial charge in [-0.1, -0.05) is 42.0 Å². The molecule has 2 amide bonds. The van der Waals surface area contributed by atoms with E-state index in [1.165, 1.54) is 0 Å². The number of nitrogens with zero attached hydrogens (tertiary/aromatic N) is 1. The number of carbonyl (C=O) groups excluding carboxylic acids is 2. The minimum absolute atomic E-state index is 0.246. The summed E-state index contributed by atoms with van der Waals surface area (Å²) in [7, 11) is 0. The van der Waals surface area contributed by atoms with Gasteiger partial charge in [-0.15, -0.1) is 0 Å². The number of nitrogens with one attached hydrogen (secondary N) is 1. The van der Waals surface area contributed by atoms with Crippen LogP contribution in [0.3, 0.4) is 0 Å². The number of carbonyl (C=O) groups is 2. The molecular weight excluding hydrogens is 340 g/mol. The first-order valence-electron chi connectivity index (χ1n) is 9.06. The van der Waals surface area contributed by atoms with E-state index in [0.717, 1.165) is 16.9 Å². The maximum atomic E-state index is 12.9. The van der Waals surface area contributed by atoms with Gasteiger partial charge < -0.3 is 10.1 Å². The van der Waals surface area contributed by atoms with Crippen LogP contribution in [0.5, 0.6) is 0 Å². The molecule has 0 unspecified atom stereocenters. The Morgan fingerprint density at radius 2 is 1.44 bits per heavy atom. The number of amides is 2. The quantitative estimate of drug-likeness (QED) is 0.564. The van der Waals surface area contributed by atoms with Gasteiger partial charge in [0, 0.05) is 12.1 Å². The molecule has 5 nitrogen and oxygen atoms in total. The van der Waals surface area contributed by atoms with Gasteiger partial charge in [0.25, 0.3) is 0 Å². The number of allylic oxidation sites excluding steroid dienone is 1. The van der Waals surface area contributed by atoms with Gasteiger partial charge in [-0.3, -0.25) is 4.90 Å². The zero-order chi connectivity index (χ0) is 19.6. The third kappa shape index (κ3) is 5.71. The summed E-state index contributed by atoms with van der Waals surface area (Å²) in [4.78, 5) is 26.5. The lowest BCUT2D eigenvalue weighted by Crippen LogP contribution is -2.37. The van der Waals surface area contributed by atoms with Crippen LogP contribution in [-0.2, 0) is 9.53 Å². The molecular formula is C22H26N2O3. The lowest BCUT2D eigenvalue weighted by Gasteiger charge is -2.23. The van der Waals surface area contributed by atoms with Crippen LogP contribution in [0.25, 0.3) is 0 Å². The van der Waals surface area contributed by atoms with Crippen LogP contribution in [0.1, 0.15) is 27.2 Å². The van der Waals surface area contributed by atoms with Crippen molar-refractivity contribution < 1.29 is 14.3 Å². The average Bonchev–Trinajstić information content (AvgIpc) is 2.67. The highest BCUT2D eigenvalue weighted by Gasteiger charge is 2.18. The Morgan fingerprint density at radius 3 is 1.89 bits per heavy atom. The summed E-state index contributed by atoms with van der Waals surface area (Å²) in [6.07, 6.45) is 0.421. The standard InChI is InChI=1S/C22H26N2O3/c1-4-27-21(25)20(17(2)3)15-16-23-22(26)24(18-11-7-5-8-12-18)19-13-9-6-10-14-19/h5-14H,4,15-16H2,1-3H3,(H,23,26). The number of para-hydroxylation sites is 2. The molecule has 142 valence electrons. The van der Waals surface area contributed by atoms with Gasteiger partial charge in [0.05, 0.1) is 18.0 Å². The van der Waals surface area contributed by atoms with Crippen LogP contribution in [0.4, 0.5) is 16.2 Å². The van der Waals surface area contributed by atoms with Crippen LogP contribution in [0.2, 0.25) is 0 Å². The first kappa shape index (κ1) is 20.2. The number of hydrogen-bond acceptors (Lipinski definition) is 3. The topological polar surface area (TPSA) is 58.6 Å². The molecule has 5 heteroatoms. The number of anilines is 2. The van der Waals surface area contributed by atoms with E-state index in [2.05, 4.69) is 5.32 Å². The molecule has 2 aromatic carbocycles. The zero-order valence-electron chi connectivity index (χ0n) is 16.1. The summed E-state index contributed by atoms with van der Waals surface area (Å²) in [5, 5.41) is 2.91. The number of esters is 1. The van der Waals surface area contributed by atoms with Crippen LogP contribution in [-0.4, -0.2) is 25.2 Å². The second kappa shape index (κ2) is 10.2. The minimum atomic E-state index is -0.324. The molecule has 0 bridgehead atoms. The normalized spacial score (nSPS) is 10.0. The smallest absolute Gasteiger partial charge is 0.333 e. The third-order valence-corrected chi connectivity index (χ3v) is 4.01. The molecule has 0 aromatic heterocycles. The Morgan fingerprint density at radius 1 is 0.926 bits per heavy atom. The Kier molecular flexibility index (Phi) is 7.62. The maximum Gasteiger partial charge on any atom is 0.333 e. The molecule has 0 aliphatic heterocycles. The van der Waals surface area contributed by atoms with Crippen molar-refractivity contribution in [3.05, 3.63) is 71.8 Å². The molecule has 27 heavy (non-hydrogen) atoms. The fraction of sp³-hybridized carbons (Fsp3) is 0.273. The van der Waals surface area contributed by atoms with E-state index in [1.54, 1.807) is 11.8 Å². The zero-order valence-corrected chi connectivity index (χ0v) is 16.1. The summed E-state index contributed by atoms with van der Waals surface area (Å²) >= 11 is 0. The molecule has 2 rings (SSSR count). The second-order valence-corrected chi connectivity index (χ2v) is 6.19. The second-order valence-electron chi connectivity index (χ2n) is 6.19. The van der Waals surface area contributed by atoms with Gasteiger partial charge in [0.1, 0.15) is 0 Å². The van der Waals surface area contributed by atoms with Crippen molar-refractivity contribution in [2.45, 2.75) is 27.2 Å². The highest BCUT2D eigenvalue weighted by atomic mass is 16.5. The number of hydrogen-bond donors (Lipinski definition) is 1. The van der Waals surface area contributed by atoms with E-state index >= 15 is 0 Å². The van der Waals surface area contributed by atoms with E-state index in [0.29, 0.717) is 25.1 Å². The van der Waals surface area contributed by atoms with E-state index in [9.17, 15) is 9.59 Å². The van der Waals surface area contributed by atoms with Gasteiger partial charge in [-0.25, -0.2) is 9.59 Å². The molecule has 0 atom stereocenters. The first-order valence-corrected chi connectivity index (χ1v) is 9.06. The largest absolute Gasteiger partial charge is 0.463 e. The third-order valence-electron chi connectivity index (χ3n) is 4.01. The fourth-order valence-electron chi connectivity index (χ4n) is 2.69.